The molecule has 0 radical (unpaired) electrons. The van der Waals surface area contributed by atoms with E-state index in [1.807, 2.05) is 0 Å². The zero-order valence-electron chi connectivity index (χ0n) is 15.3. The highest BCUT2D eigenvalue weighted by atomic mass is 35.5. The topological polar surface area (TPSA) is 91.6 Å². The van der Waals surface area contributed by atoms with Gasteiger partial charge in [0.05, 0.1) is 28.6 Å². The molecular weight excluding hydrogens is 422 g/mol. The molecule has 0 saturated heterocycles. The second-order valence-electron chi connectivity index (χ2n) is 6.40. The number of aliphatic hydroxyl groups is 1. The van der Waals surface area contributed by atoms with Gasteiger partial charge in [0.1, 0.15) is 0 Å². The summed E-state index contributed by atoms with van der Waals surface area (Å²) in [6.07, 6.45) is -0.116. The molecule has 9 heteroatoms. The van der Waals surface area contributed by atoms with Crippen LogP contribution in [0.25, 0.3) is 10.9 Å². The maximum absolute atomic E-state index is 14.1. The van der Waals surface area contributed by atoms with Crippen molar-refractivity contribution >= 4 is 45.9 Å². The quantitative estimate of drug-likeness (QED) is 0.568. The van der Waals surface area contributed by atoms with Crippen LogP contribution in [0.5, 0.6) is 5.75 Å². The van der Waals surface area contributed by atoms with Gasteiger partial charge in [-0.15, -0.1) is 0 Å². The van der Waals surface area contributed by atoms with E-state index in [0.29, 0.717) is 16.6 Å². The summed E-state index contributed by atoms with van der Waals surface area (Å²) in [6.45, 7) is 1.49. The van der Waals surface area contributed by atoms with Gasteiger partial charge in [-0.05, 0) is 36.8 Å². The minimum Gasteiger partial charge on any atom is -0.505 e. The summed E-state index contributed by atoms with van der Waals surface area (Å²) in [7, 11) is 0. The van der Waals surface area contributed by atoms with Crippen molar-refractivity contribution in [2.24, 2.45) is 0 Å². The maximum atomic E-state index is 14.1. The van der Waals surface area contributed by atoms with Crippen LogP contribution in [0.3, 0.4) is 0 Å². The van der Waals surface area contributed by atoms with Gasteiger partial charge in [-0.2, -0.15) is 0 Å². The molecule has 1 amide bonds. The van der Waals surface area contributed by atoms with Crippen molar-refractivity contribution in [3.05, 3.63) is 63.0 Å². The molecule has 6 nitrogen and oxygen atoms in total. The number of amides is 1. The molecule has 0 saturated carbocycles. The second kappa shape index (κ2) is 8.41. The standard InChI is InChI=1S/C20H17Cl2FN2O4/c1-10-12(8-19(28)24-4-5-26)13-7-18(27)16(23)9-17(13)25(10)20(29)11-2-3-14(21)15(22)6-11/h2-3,6-7,9,26-27H,4-5,8H2,1H3,(H,24,28). The predicted molar refractivity (Wildman–Crippen MR) is 108 cm³/mol. The Bertz CT molecular complexity index is 1130. The number of hydrogen-bond acceptors (Lipinski definition) is 4. The number of phenols is 1. The molecule has 0 aliphatic heterocycles. The van der Waals surface area contributed by atoms with Gasteiger partial charge >= 0.3 is 0 Å². The van der Waals surface area contributed by atoms with Gasteiger partial charge in [-0.1, -0.05) is 23.2 Å². The Labute approximate surface area is 175 Å². The molecule has 3 rings (SSSR count). The van der Waals surface area contributed by atoms with Crippen LogP contribution in [0.1, 0.15) is 21.6 Å². The minimum absolute atomic E-state index is 0.0819. The Morgan fingerprint density at radius 1 is 1.17 bits per heavy atom. The van der Waals surface area contributed by atoms with E-state index in [1.54, 1.807) is 6.92 Å². The molecule has 0 atom stereocenters. The molecule has 2 aromatic carbocycles. The lowest BCUT2D eigenvalue weighted by molar-refractivity contribution is -0.120. The molecule has 0 aliphatic rings. The van der Waals surface area contributed by atoms with Crippen molar-refractivity contribution in [2.45, 2.75) is 13.3 Å². The van der Waals surface area contributed by atoms with E-state index < -0.39 is 17.5 Å². The number of rotatable bonds is 5. The lowest BCUT2D eigenvalue weighted by atomic mass is 10.1. The third-order valence-electron chi connectivity index (χ3n) is 4.54. The maximum Gasteiger partial charge on any atom is 0.262 e. The fraction of sp³-hybridized carbons (Fsp3) is 0.200. The van der Waals surface area contributed by atoms with E-state index in [0.717, 1.165) is 6.07 Å². The lowest BCUT2D eigenvalue weighted by Crippen LogP contribution is -2.28. The summed E-state index contributed by atoms with van der Waals surface area (Å²) in [5, 5.41) is 22.0. The molecule has 1 heterocycles. The van der Waals surface area contributed by atoms with Crippen molar-refractivity contribution in [3.8, 4) is 5.75 Å². The van der Waals surface area contributed by atoms with Gasteiger partial charge in [-0.25, -0.2) is 4.39 Å². The summed E-state index contributed by atoms with van der Waals surface area (Å²) >= 11 is 11.9. The average Bonchev–Trinajstić information content (AvgIpc) is 2.93. The molecule has 3 N–H and O–H groups in total. The van der Waals surface area contributed by atoms with Crippen LogP contribution in [-0.4, -0.2) is 39.7 Å². The van der Waals surface area contributed by atoms with E-state index in [4.69, 9.17) is 28.3 Å². The molecule has 152 valence electrons. The summed E-state index contributed by atoms with van der Waals surface area (Å²) in [4.78, 5) is 25.3. The minimum atomic E-state index is -0.894. The summed E-state index contributed by atoms with van der Waals surface area (Å²) < 4.78 is 15.3. The van der Waals surface area contributed by atoms with E-state index in [9.17, 15) is 19.1 Å². The number of aromatic hydroxyl groups is 1. The van der Waals surface area contributed by atoms with Crippen LogP contribution < -0.4 is 5.32 Å². The van der Waals surface area contributed by atoms with Crippen LogP contribution in [0, 0.1) is 12.7 Å². The Hall–Kier alpha value is -2.61. The van der Waals surface area contributed by atoms with Crippen molar-refractivity contribution < 1.29 is 24.2 Å². The zero-order chi connectivity index (χ0) is 21.3. The van der Waals surface area contributed by atoms with Crippen molar-refractivity contribution in [1.82, 2.24) is 9.88 Å². The van der Waals surface area contributed by atoms with Crippen molar-refractivity contribution in [1.29, 1.82) is 0 Å². The third-order valence-corrected chi connectivity index (χ3v) is 5.28. The Morgan fingerprint density at radius 3 is 2.55 bits per heavy atom. The van der Waals surface area contributed by atoms with Gasteiger partial charge in [-0.3, -0.25) is 14.2 Å². The summed E-state index contributed by atoms with van der Waals surface area (Å²) in [5.41, 5.74) is 1.31. The highest BCUT2D eigenvalue weighted by molar-refractivity contribution is 6.42. The van der Waals surface area contributed by atoms with Gasteiger partial charge in [0.2, 0.25) is 5.91 Å². The van der Waals surface area contributed by atoms with Crippen LogP contribution in [0.4, 0.5) is 4.39 Å². The molecular formula is C20H17Cl2FN2O4. The van der Waals surface area contributed by atoms with E-state index in [2.05, 4.69) is 5.32 Å². The smallest absolute Gasteiger partial charge is 0.262 e. The molecule has 0 bridgehead atoms. The molecule has 0 fully saturated rings. The van der Waals surface area contributed by atoms with Gasteiger partial charge in [0, 0.05) is 29.3 Å². The van der Waals surface area contributed by atoms with Gasteiger partial charge in [0.15, 0.2) is 11.6 Å². The number of halogens is 3. The van der Waals surface area contributed by atoms with Crippen LogP contribution >= 0.6 is 23.2 Å². The van der Waals surface area contributed by atoms with Crippen LogP contribution in [0.15, 0.2) is 30.3 Å². The molecule has 0 unspecified atom stereocenters. The molecule has 3 aromatic rings. The zero-order valence-corrected chi connectivity index (χ0v) is 16.8. The second-order valence-corrected chi connectivity index (χ2v) is 7.22. The monoisotopic (exact) mass is 438 g/mol. The Balaban J connectivity index is 2.17. The first kappa shape index (κ1) is 21.1. The largest absolute Gasteiger partial charge is 0.505 e. The number of nitrogens with one attached hydrogen (secondary N) is 1. The summed E-state index contributed by atoms with van der Waals surface area (Å²) in [6, 6.07) is 6.61. The Kier molecular flexibility index (Phi) is 6.12. The number of carbonyl (C=O) groups excluding carboxylic acids is 2. The number of phenolic OH excluding ortho intramolecular Hbond substituents is 1. The number of benzene rings is 2. The first-order valence-corrected chi connectivity index (χ1v) is 9.40. The van der Waals surface area contributed by atoms with Gasteiger partial charge in [0.25, 0.3) is 5.91 Å². The number of aromatic nitrogens is 1. The van der Waals surface area contributed by atoms with E-state index in [-0.39, 0.29) is 46.6 Å². The molecule has 0 spiro atoms. The average molecular weight is 439 g/mol. The molecule has 1 aromatic heterocycles. The van der Waals surface area contributed by atoms with Crippen molar-refractivity contribution in [2.75, 3.05) is 13.2 Å². The first-order valence-electron chi connectivity index (χ1n) is 8.64. The number of aliphatic hydroxyl groups excluding tert-OH is 1. The highest BCUT2D eigenvalue weighted by Gasteiger charge is 2.23. The normalized spacial score (nSPS) is 11.1. The van der Waals surface area contributed by atoms with Gasteiger partial charge < -0.3 is 15.5 Å². The summed E-state index contributed by atoms with van der Waals surface area (Å²) in [5.74, 6) is -2.35. The fourth-order valence-corrected chi connectivity index (χ4v) is 3.45. The highest BCUT2D eigenvalue weighted by Crippen LogP contribution is 2.32. The third kappa shape index (κ3) is 4.07. The van der Waals surface area contributed by atoms with Crippen molar-refractivity contribution in [3.63, 3.8) is 0 Å². The first-order chi connectivity index (χ1) is 13.7. The fourth-order valence-electron chi connectivity index (χ4n) is 3.15. The van der Waals surface area contributed by atoms with E-state index >= 15 is 0 Å². The number of nitrogens with zero attached hydrogens (tertiary/aromatic N) is 1. The van der Waals surface area contributed by atoms with E-state index in [1.165, 1.54) is 28.8 Å². The lowest BCUT2D eigenvalue weighted by Gasteiger charge is -2.09. The number of fused-ring (bicyclic) bond motifs is 1. The Morgan fingerprint density at radius 2 is 1.90 bits per heavy atom. The SMILES string of the molecule is Cc1c(CC(=O)NCCO)c2cc(O)c(F)cc2n1C(=O)c1ccc(Cl)c(Cl)c1. The van der Waals surface area contributed by atoms with Crippen LogP contribution in [-0.2, 0) is 11.2 Å². The number of hydrogen-bond donors (Lipinski definition) is 3. The predicted octanol–water partition coefficient (Wildman–Crippen LogP) is 3.44. The van der Waals surface area contributed by atoms with Crippen LogP contribution in [0.2, 0.25) is 10.0 Å². The molecule has 29 heavy (non-hydrogen) atoms. The number of carbonyl (C=O) groups is 2. The molecule has 0 aliphatic carbocycles.